The minimum atomic E-state index is -0.0316. The zero-order valence-electron chi connectivity index (χ0n) is 15.7. The molecule has 0 aliphatic carbocycles. The maximum absolute atomic E-state index is 12.6. The molecule has 1 unspecified atom stereocenters. The van der Waals surface area contributed by atoms with Gasteiger partial charge in [0.1, 0.15) is 0 Å². The van der Waals surface area contributed by atoms with Crippen molar-refractivity contribution >= 4 is 18.3 Å². The molecular weight excluding hydrogens is 372 g/mol. The fourth-order valence-electron chi connectivity index (χ4n) is 3.55. The lowest BCUT2D eigenvalue weighted by Crippen LogP contribution is -2.38. The molecule has 0 radical (unpaired) electrons. The number of rotatable bonds is 5. The van der Waals surface area contributed by atoms with Gasteiger partial charge in [0.2, 0.25) is 0 Å². The summed E-state index contributed by atoms with van der Waals surface area (Å²) in [5.74, 6) is 0.484. The van der Waals surface area contributed by atoms with Crippen LogP contribution in [-0.4, -0.2) is 35.3 Å². The van der Waals surface area contributed by atoms with E-state index in [0.717, 1.165) is 30.0 Å². The van der Waals surface area contributed by atoms with Gasteiger partial charge in [0, 0.05) is 17.7 Å². The molecule has 28 heavy (non-hydrogen) atoms. The molecule has 1 saturated heterocycles. The van der Waals surface area contributed by atoms with Gasteiger partial charge in [0.05, 0.1) is 17.6 Å². The molecule has 1 fully saturated rings. The van der Waals surface area contributed by atoms with Crippen LogP contribution in [0, 0.1) is 5.92 Å². The van der Waals surface area contributed by atoms with Crippen molar-refractivity contribution < 1.29 is 4.79 Å². The summed E-state index contributed by atoms with van der Waals surface area (Å²) >= 11 is 0. The standard InChI is InChI=1S/C22H24N4O.ClH/c27-22(24-16-17-6-5-12-23-15-17)19-9-4-10-20(14-19)26-21(11-13-25-26)18-7-2-1-3-8-18;/h1-4,7-11,13-14,17,23H,5-6,12,15-16H2,(H,24,27);1H. The Morgan fingerprint density at radius 1 is 1.14 bits per heavy atom. The zero-order chi connectivity index (χ0) is 18.5. The van der Waals surface area contributed by atoms with Gasteiger partial charge in [0.15, 0.2) is 0 Å². The molecule has 1 aliphatic heterocycles. The summed E-state index contributed by atoms with van der Waals surface area (Å²) in [4.78, 5) is 12.6. The monoisotopic (exact) mass is 396 g/mol. The molecule has 2 N–H and O–H groups in total. The number of hydrogen-bond acceptors (Lipinski definition) is 3. The Morgan fingerprint density at radius 3 is 2.79 bits per heavy atom. The van der Waals surface area contributed by atoms with E-state index in [0.29, 0.717) is 18.0 Å². The smallest absolute Gasteiger partial charge is 0.251 e. The summed E-state index contributed by atoms with van der Waals surface area (Å²) in [6.45, 7) is 2.78. The Bertz CT molecular complexity index is 904. The average molecular weight is 397 g/mol. The number of carbonyl (C=O) groups is 1. The van der Waals surface area contributed by atoms with Crippen LogP contribution in [0.1, 0.15) is 23.2 Å². The van der Waals surface area contributed by atoms with Crippen LogP contribution in [-0.2, 0) is 0 Å². The molecule has 6 heteroatoms. The third kappa shape index (κ3) is 4.61. The van der Waals surface area contributed by atoms with Crippen molar-refractivity contribution in [3.05, 3.63) is 72.4 Å². The SMILES string of the molecule is Cl.O=C(NCC1CCCNC1)c1cccc(-n2nccc2-c2ccccc2)c1. The number of nitrogens with zero attached hydrogens (tertiary/aromatic N) is 2. The number of amides is 1. The van der Waals surface area contributed by atoms with Crippen LogP contribution in [0.25, 0.3) is 16.9 Å². The van der Waals surface area contributed by atoms with Gasteiger partial charge in [-0.1, -0.05) is 36.4 Å². The van der Waals surface area contributed by atoms with Crippen LogP contribution in [0.15, 0.2) is 66.9 Å². The summed E-state index contributed by atoms with van der Waals surface area (Å²) in [6.07, 6.45) is 4.13. The fraction of sp³-hybridized carbons (Fsp3) is 0.273. The van der Waals surface area contributed by atoms with Crippen molar-refractivity contribution in [2.24, 2.45) is 5.92 Å². The molecule has 1 amide bonds. The highest BCUT2D eigenvalue weighted by Crippen LogP contribution is 2.22. The Labute approximate surface area is 171 Å². The van der Waals surface area contributed by atoms with Gasteiger partial charge in [-0.25, -0.2) is 4.68 Å². The first-order valence-corrected chi connectivity index (χ1v) is 9.50. The molecule has 4 rings (SSSR count). The molecule has 0 saturated carbocycles. The minimum Gasteiger partial charge on any atom is -0.352 e. The summed E-state index contributed by atoms with van der Waals surface area (Å²) in [5, 5.41) is 10.9. The van der Waals surface area contributed by atoms with E-state index in [1.165, 1.54) is 12.8 Å². The van der Waals surface area contributed by atoms with Crippen LogP contribution in [0.5, 0.6) is 0 Å². The van der Waals surface area contributed by atoms with Crippen molar-refractivity contribution in [2.75, 3.05) is 19.6 Å². The summed E-state index contributed by atoms with van der Waals surface area (Å²) in [5.41, 5.74) is 3.63. The van der Waals surface area contributed by atoms with Gasteiger partial charge in [-0.2, -0.15) is 5.10 Å². The van der Waals surface area contributed by atoms with Crippen LogP contribution in [0.3, 0.4) is 0 Å². The van der Waals surface area contributed by atoms with Crippen molar-refractivity contribution in [1.82, 2.24) is 20.4 Å². The van der Waals surface area contributed by atoms with Crippen molar-refractivity contribution in [3.8, 4) is 16.9 Å². The Hall–Kier alpha value is -2.63. The van der Waals surface area contributed by atoms with Crippen LogP contribution < -0.4 is 10.6 Å². The lowest BCUT2D eigenvalue weighted by atomic mass is 9.99. The van der Waals surface area contributed by atoms with E-state index >= 15 is 0 Å². The number of benzene rings is 2. The van der Waals surface area contributed by atoms with E-state index in [2.05, 4.69) is 27.9 Å². The lowest BCUT2D eigenvalue weighted by Gasteiger charge is -2.22. The van der Waals surface area contributed by atoms with Gasteiger partial charge in [0.25, 0.3) is 5.91 Å². The molecule has 2 heterocycles. The van der Waals surface area contributed by atoms with E-state index in [4.69, 9.17) is 0 Å². The summed E-state index contributed by atoms with van der Waals surface area (Å²) in [7, 11) is 0. The van der Waals surface area contributed by atoms with Crippen molar-refractivity contribution in [3.63, 3.8) is 0 Å². The highest BCUT2D eigenvalue weighted by molar-refractivity contribution is 5.94. The third-order valence-electron chi connectivity index (χ3n) is 5.02. The molecule has 2 aromatic carbocycles. The van der Waals surface area contributed by atoms with E-state index in [1.54, 1.807) is 6.20 Å². The summed E-state index contributed by atoms with van der Waals surface area (Å²) < 4.78 is 1.87. The molecule has 1 aliphatic rings. The molecule has 1 atom stereocenters. The van der Waals surface area contributed by atoms with Gasteiger partial charge in [-0.05, 0) is 56.1 Å². The number of halogens is 1. The second kappa shape index (κ2) is 9.53. The van der Waals surface area contributed by atoms with Gasteiger partial charge in [-0.15, -0.1) is 12.4 Å². The number of nitrogens with one attached hydrogen (secondary N) is 2. The number of hydrogen-bond donors (Lipinski definition) is 2. The van der Waals surface area contributed by atoms with E-state index < -0.39 is 0 Å². The van der Waals surface area contributed by atoms with Gasteiger partial charge in [-0.3, -0.25) is 4.79 Å². The number of carbonyl (C=O) groups excluding carboxylic acids is 1. The second-order valence-electron chi connectivity index (χ2n) is 6.97. The van der Waals surface area contributed by atoms with Crippen LogP contribution >= 0.6 is 12.4 Å². The predicted octanol–water partition coefficient (Wildman–Crippen LogP) is 3.69. The van der Waals surface area contributed by atoms with Crippen LogP contribution in [0.4, 0.5) is 0 Å². The van der Waals surface area contributed by atoms with E-state index in [1.807, 2.05) is 53.2 Å². The van der Waals surface area contributed by atoms with Gasteiger partial charge >= 0.3 is 0 Å². The van der Waals surface area contributed by atoms with E-state index in [9.17, 15) is 4.79 Å². The molecule has 0 spiro atoms. The van der Waals surface area contributed by atoms with Crippen LogP contribution in [0.2, 0.25) is 0 Å². The van der Waals surface area contributed by atoms with Crippen molar-refractivity contribution in [1.29, 1.82) is 0 Å². The zero-order valence-corrected chi connectivity index (χ0v) is 16.5. The molecule has 146 valence electrons. The topological polar surface area (TPSA) is 59.0 Å². The Kier molecular flexibility index (Phi) is 6.85. The molecule has 1 aromatic heterocycles. The minimum absolute atomic E-state index is 0. The predicted molar refractivity (Wildman–Crippen MR) is 114 cm³/mol. The third-order valence-corrected chi connectivity index (χ3v) is 5.02. The largest absolute Gasteiger partial charge is 0.352 e. The maximum Gasteiger partial charge on any atom is 0.251 e. The molecule has 5 nitrogen and oxygen atoms in total. The summed E-state index contributed by atoms with van der Waals surface area (Å²) in [6, 6.07) is 19.7. The Balaban J connectivity index is 0.00000225. The van der Waals surface area contributed by atoms with E-state index in [-0.39, 0.29) is 18.3 Å². The molecule has 3 aromatic rings. The first kappa shape index (κ1) is 20.1. The fourth-order valence-corrected chi connectivity index (χ4v) is 3.55. The molecular formula is C22H25ClN4O. The maximum atomic E-state index is 12.6. The van der Waals surface area contributed by atoms with Crippen molar-refractivity contribution in [2.45, 2.75) is 12.8 Å². The second-order valence-corrected chi connectivity index (χ2v) is 6.97. The quantitative estimate of drug-likeness (QED) is 0.691. The normalized spacial score (nSPS) is 16.2. The number of piperidine rings is 1. The highest BCUT2D eigenvalue weighted by Gasteiger charge is 2.15. The van der Waals surface area contributed by atoms with Gasteiger partial charge < -0.3 is 10.6 Å². The first-order chi connectivity index (χ1) is 13.3. The average Bonchev–Trinajstić information content (AvgIpc) is 3.23. The highest BCUT2D eigenvalue weighted by atomic mass is 35.5. The Morgan fingerprint density at radius 2 is 2.00 bits per heavy atom. The molecule has 0 bridgehead atoms. The number of aromatic nitrogens is 2. The first-order valence-electron chi connectivity index (χ1n) is 9.50. The lowest BCUT2D eigenvalue weighted by molar-refractivity contribution is 0.0945.